The molecule has 0 fully saturated rings. The normalized spacial score (nSPS) is 25.9. The fourth-order valence-corrected chi connectivity index (χ4v) is 1.69. The first-order valence-electron chi connectivity index (χ1n) is 4.91. The van der Waals surface area contributed by atoms with Gasteiger partial charge in [0.05, 0.1) is 16.8 Å². The number of hydrogen-bond donors (Lipinski definition) is 1. The topological polar surface area (TPSA) is 46.2 Å². The zero-order chi connectivity index (χ0) is 12.3. The lowest BCUT2D eigenvalue weighted by molar-refractivity contribution is -0.136. The molecule has 3 atom stereocenters. The number of amides is 1. The highest BCUT2D eigenvalue weighted by Gasteiger charge is 2.20. The zero-order valence-corrected chi connectivity index (χ0v) is 10.5. The summed E-state index contributed by atoms with van der Waals surface area (Å²) in [6.45, 7) is 3.02. The van der Waals surface area contributed by atoms with Crippen molar-refractivity contribution in [2.24, 2.45) is 0 Å². The van der Waals surface area contributed by atoms with Crippen LogP contribution in [-0.4, -0.2) is 28.5 Å². The first-order valence-corrected chi connectivity index (χ1v) is 5.78. The van der Waals surface area contributed by atoms with E-state index in [1.54, 1.807) is 19.1 Å². The van der Waals surface area contributed by atoms with Crippen LogP contribution in [0.15, 0.2) is 23.8 Å². The Morgan fingerprint density at radius 3 is 2.50 bits per heavy atom. The van der Waals surface area contributed by atoms with Gasteiger partial charge in [0.15, 0.2) is 0 Å². The van der Waals surface area contributed by atoms with Gasteiger partial charge in [0, 0.05) is 6.92 Å². The number of rotatable bonds is 3. The summed E-state index contributed by atoms with van der Waals surface area (Å²) in [7, 11) is 0. The van der Waals surface area contributed by atoms with Crippen molar-refractivity contribution in [3.8, 4) is 0 Å². The second-order valence-corrected chi connectivity index (χ2v) is 4.67. The Kier molecular flexibility index (Phi) is 4.56. The number of hydrogen-bond acceptors (Lipinski definition) is 2. The quantitative estimate of drug-likeness (QED) is 0.622. The SMILES string of the molecule is CC(=O)C(=O)NC(C)C1=CC(Cl)C(Cl)C=C1. The average Bonchev–Trinajstić information content (AvgIpc) is 2.21. The van der Waals surface area contributed by atoms with E-state index in [2.05, 4.69) is 5.32 Å². The fourth-order valence-electron chi connectivity index (χ4n) is 1.31. The minimum Gasteiger partial charge on any atom is -0.343 e. The lowest BCUT2D eigenvalue weighted by Gasteiger charge is -2.20. The summed E-state index contributed by atoms with van der Waals surface area (Å²) >= 11 is 11.9. The van der Waals surface area contributed by atoms with Crippen LogP contribution in [0.2, 0.25) is 0 Å². The summed E-state index contributed by atoms with van der Waals surface area (Å²) in [4.78, 5) is 22.0. The average molecular weight is 262 g/mol. The second-order valence-electron chi connectivity index (χ2n) is 3.67. The van der Waals surface area contributed by atoms with Gasteiger partial charge in [-0.2, -0.15) is 0 Å². The minimum absolute atomic E-state index is 0.235. The summed E-state index contributed by atoms with van der Waals surface area (Å²) in [6.07, 6.45) is 5.36. The molecule has 0 heterocycles. The van der Waals surface area contributed by atoms with Crippen LogP contribution in [-0.2, 0) is 9.59 Å². The lowest BCUT2D eigenvalue weighted by Crippen LogP contribution is -2.38. The molecule has 0 saturated carbocycles. The van der Waals surface area contributed by atoms with Crippen LogP contribution in [0.4, 0.5) is 0 Å². The third-order valence-electron chi connectivity index (χ3n) is 2.30. The van der Waals surface area contributed by atoms with Gasteiger partial charge in [0.1, 0.15) is 0 Å². The predicted octanol–water partition coefficient (Wildman–Crippen LogP) is 1.79. The highest BCUT2D eigenvalue weighted by atomic mass is 35.5. The molecule has 0 radical (unpaired) electrons. The second kappa shape index (κ2) is 5.51. The molecule has 1 aliphatic carbocycles. The summed E-state index contributed by atoms with van der Waals surface area (Å²) < 4.78 is 0. The van der Waals surface area contributed by atoms with Crippen molar-refractivity contribution < 1.29 is 9.59 Å². The van der Waals surface area contributed by atoms with E-state index in [0.717, 1.165) is 5.57 Å². The number of alkyl halides is 2. The van der Waals surface area contributed by atoms with Gasteiger partial charge in [-0.05, 0) is 12.5 Å². The predicted molar refractivity (Wildman–Crippen MR) is 64.8 cm³/mol. The maximum Gasteiger partial charge on any atom is 0.287 e. The molecule has 0 aromatic carbocycles. The molecule has 0 aromatic heterocycles. The van der Waals surface area contributed by atoms with Gasteiger partial charge in [-0.25, -0.2) is 0 Å². The van der Waals surface area contributed by atoms with Crippen molar-refractivity contribution in [1.82, 2.24) is 5.32 Å². The number of halogens is 2. The molecule has 3 unspecified atom stereocenters. The fraction of sp³-hybridized carbons (Fsp3) is 0.455. The Morgan fingerprint density at radius 2 is 2.00 bits per heavy atom. The van der Waals surface area contributed by atoms with Gasteiger partial charge in [-0.15, -0.1) is 23.2 Å². The molecule has 0 spiro atoms. The van der Waals surface area contributed by atoms with Crippen LogP contribution in [0.1, 0.15) is 13.8 Å². The Morgan fingerprint density at radius 1 is 1.38 bits per heavy atom. The molecule has 0 aromatic rings. The van der Waals surface area contributed by atoms with Crippen molar-refractivity contribution in [1.29, 1.82) is 0 Å². The van der Waals surface area contributed by atoms with E-state index in [-0.39, 0.29) is 16.8 Å². The van der Waals surface area contributed by atoms with Crippen molar-refractivity contribution in [3.63, 3.8) is 0 Å². The first kappa shape index (κ1) is 13.3. The zero-order valence-electron chi connectivity index (χ0n) is 9.04. The van der Waals surface area contributed by atoms with E-state index >= 15 is 0 Å². The van der Waals surface area contributed by atoms with E-state index < -0.39 is 11.7 Å². The molecule has 1 aliphatic rings. The maximum atomic E-state index is 11.2. The van der Waals surface area contributed by atoms with E-state index in [9.17, 15) is 9.59 Å². The summed E-state index contributed by atoms with van der Waals surface area (Å²) in [5, 5.41) is 2.05. The number of Topliss-reactive ketones (excluding diaryl/α,β-unsaturated/α-hetero) is 1. The number of carbonyl (C=O) groups excluding carboxylic acids is 2. The van der Waals surface area contributed by atoms with Gasteiger partial charge in [0.25, 0.3) is 5.91 Å². The van der Waals surface area contributed by atoms with Crippen LogP contribution < -0.4 is 5.32 Å². The molecule has 0 bridgehead atoms. The van der Waals surface area contributed by atoms with Crippen LogP contribution in [0.25, 0.3) is 0 Å². The van der Waals surface area contributed by atoms with Crippen molar-refractivity contribution >= 4 is 34.9 Å². The number of nitrogens with one attached hydrogen (secondary N) is 1. The van der Waals surface area contributed by atoms with Gasteiger partial charge in [-0.3, -0.25) is 9.59 Å². The van der Waals surface area contributed by atoms with Crippen LogP contribution >= 0.6 is 23.2 Å². The largest absolute Gasteiger partial charge is 0.343 e. The molecule has 5 heteroatoms. The highest BCUT2D eigenvalue weighted by Crippen LogP contribution is 2.22. The van der Waals surface area contributed by atoms with Crippen molar-refractivity contribution in [3.05, 3.63) is 23.8 Å². The molecule has 16 heavy (non-hydrogen) atoms. The Balaban J connectivity index is 2.65. The molecule has 1 amide bonds. The van der Waals surface area contributed by atoms with Gasteiger partial charge >= 0.3 is 0 Å². The molecule has 88 valence electrons. The Bertz CT molecular complexity index is 363. The standard InChI is InChI=1S/C11H13Cl2NO2/c1-6(14-11(16)7(2)15)8-3-4-9(12)10(13)5-8/h3-6,9-10H,1-2H3,(H,14,16). The van der Waals surface area contributed by atoms with E-state index in [0.29, 0.717) is 0 Å². The van der Waals surface area contributed by atoms with Crippen LogP contribution in [0.3, 0.4) is 0 Å². The Hall–Kier alpha value is -0.800. The van der Waals surface area contributed by atoms with Gasteiger partial charge < -0.3 is 5.32 Å². The van der Waals surface area contributed by atoms with E-state index in [1.165, 1.54) is 6.92 Å². The molecule has 1 rings (SSSR count). The van der Waals surface area contributed by atoms with Crippen molar-refractivity contribution in [2.75, 3.05) is 0 Å². The summed E-state index contributed by atoms with van der Waals surface area (Å²) in [5.74, 6) is -1.11. The third kappa shape index (κ3) is 3.35. The first-order chi connectivity index (χ1) is 7.41. The third-order valence-corrected chi connectivity index (χ3v) is 3.24. The molecule has 1 N–H and O–H groups in total. The minimum atomic E-state index is -0.596. The maximum absolute atomic E-state index is 11.2. The summed E-state index contributed by atoms with van der Waals surface area (Å²) in [6, 6.07) is -0.252. The van der Waals surface area contributed by atoms with Crippen LogP contribution in [0, 0.1) is 0 Å². The molecule has 3 nitrogen and oxygen atoms in total. The Labute approximate surface area is 104 Å². The molecule has 0 saturated heterocycles. The van der Waals surface area contributed by atoms with E-state index in [1.807, 2.05) is 6.08 Å². The molecular weight excluding hydrogens is 249 g/mol. The van der Waals surface area contributed by atoms with Gasteiger partial charge in [-0.1, -0.05) is 18.2 Å². The van der Waals surface area contributed by atoms with Crippen molar-refractivity contribution in [2.45, 2.75) is 30.6 Å². The number of allylic oxidation sites excluding steroid dienone is 2. The smallest absolute Gasteiger partial charge is 0.287 e. The highest BCUT2D eigenvalue weighted by molar-refractivity contribution is 6.35. The molecule has 0 aliphatic heterocycles. The molecular formula is C11H13Cl2NO2. The van der Waals surface area contributed by atoms with E-state index in [4.69, 9.17) is 23.2 Å². The summed E-state index contributed by atoms with van der Waals surface area (Å²) in [5.41, 5.74) is 0.853. The monoisotopic (exact) mass is 261 g/mol. The lowest BCUT2D eigenvalue weighted by atomic mass is 10.0. The van der Waals surface area contributed by atoms with Gasteiger partial charge in [0.2, 0.25) is 5.78 Å². The number of ketones is 1. The number of carbonyl (C=O) groups is 2. The van der Waals surface area contributed by atoms with Crippen LogP contribution in [0.5, 0.6) is 0 Å².